The number of halogens is 3. The van der Waals surface area contributed by atoms with E-state index in [-0.39, 0.29) is 5.82 Å². The molecule has 1 rings (SSSR count). The first-order valence-electron chi connectivity index (χ1n) is 3.51. The molecule has 14 heavy (non-hydrogen) atoms. The lowest BCUT2D eigenvalue weighted by Gasteiger charge is -2.02. The largest absolute Gasteiger partial charge is 0.369 e. The summed E-state index contributed by atoms with van der Waals surface area (Å²) in [7, 11) is 3.70. The second-order valence-corrected chi connectivity index (χ2v) is 5.62. The monoisotopic (exact) mass is 272 g/mol. The van der Waals surface area contributed by atoms with Gasteiger partial charge in [0.2, 0.25) is 5.13 Å². The molecule has 8 heteroatoms. The van der Waals surface area contributed by atoms with Crippen LogP contribution in [0.1, 0.15) is 5.82 Å². The molecule has 0 atom stereocenters. The summed E-state index contributed by atoms with van der Waals surface area (Å²) in [4.78, 5) is 9.72. The quantitative estimate of drug-likeness (QED) is 0.472. The lowest BCUT2D eigenvalue weighted by Crippen LogP contribution is -2.07. The lowest BCUT2D eigenvalue weighted by molar-refractivity contribution is 0.643. The Morgan fingerprint density at radius 1 is 1.43 bits per heavy atom. The highest BCUT2D eigenvalue weighted by atomic mass is 35.6. The smallest absolute Gasteiger partial charge is 0.251 e. The molecule has 78 valence electrons. The van der Waals surface area contributed by atoms with Gasteiger partial charge in [0.1, 0.15) is 0 Å². The van der Waals surface area contributed by atoms with Gasteiger partial charge in [0.15, 0.2) is 5.82 Å². The first kappa shape index (κ1) is 12.0. The van der Waals surface area contributed by atoms with Crippen LogP contribution in [0.25, 0.3) is 0 Å². The van der Waals surface area contributed by atoms with Crippen molar-refractivity contribution in [1.29, 1.82) is 0 Å². The van der Waals surface area contributed by atoms with Crippen molar-refractivity contribution in [2.24, 2.45) is 4.99 Å². The molecular formula is C6H7Cl3N4S. The van der Waals surface area contributed by atoms with Crippen molar-refractivity contribution in [3.8, 4) is 0 Å². The molecule has 1 aromatic rings. The van der Waals surface area contributed by atoms with Crippen LogP contribution in [-0.2, 0) is 3.79 Å². The predicted octanol–water partition coefficient (Wildman–Crippen LogP) is 2.59. The number of aromatic nitrogens is 2. The third-order valence-electron chi connectivity index (χ3n) is 1.07. The molecule has 1 aromatic heterocycles. The van der Waals surface area contributed by atoms with Gasteiger partial charge >= 0.3 is 0 Å². The van der Waals surface area contributed by atoms with Gasteiger partial charge in [0.25, 0.3) is 3.79 Å². The van der Waals surface area contributed by atoms with Crippen LogP contribution in [0.2, 0.25) is 0 Å². The molecule has 0 N–H and O–H groups in total. The topological polar surface area (TPSA) is 41.4 Å². The third kappa shape index (κ3) is 3.57. The molecule has 0 saturated heterocycles. The van der Waals surface area contributed by atoms with E-state index in [4.69, 9.17) is 34.8 Å². The Labute approximate surface area is 101 Å². The van der Waals surface area contributed by atoms with Crippen LogP contribution in [0.4, 0.5) is 5.13 Å². The van der Waals surface area contributed by atoms with Gasteiger partial charge in [-0.25, -0.2) is 4.99 Å². The molecule has 1 heterocycles. The van der Waals surface area contributed by atoms with E-state index in [1.54, 1.807) is 11.2 Å². The lowest BCUT2D eigenvalue weighted by atomic mass is 10.7. The highest BCUT2D eigenvalue weighted by molar-refractivity contribution is 7.09. The first-order valence-corrected chi connectivity index (χ1v) is 5.42. The summed E-state index contributed by atoms with van der Waals surface area (Å²) in [6.45, 7) is 0. The first-order chi connectivity index (χ1) is 6.39. The minimum Gasteiger partial charge on any atom is -0.369 e. The number of hydrogen-bond donors (Lipinski definition) is 0. The zero-order chi connectivity index (χ0) is 10.8. The summed E-state index contributed by atoms with van der Waals surface area (Å²) in [5, 5.41) is 0.458. The minimum absolute atomic E-state index is 0.151. The number of alkyl halides is 3. The van der Waals surface area contributed by atoms with Crippen LogP contribution in [0.3, 0.4) is 0 Å². The Kier molecular flexibility index (Phi) is 3.94. The molecule has 0 amide bonds. The van der Waals surface area contributed by atoms with Crippen LogP contribution < -0.4 is 0 Å². The summed E-state index contributed by atoms with van der Waals surface area (Å²) in [6.07, 6.45) is 1.60. The van der Waals surface area contributed by atoms with Crippen LogP contribution in [0, 0.1) is 0 Å². The van der Waals surface area contributed by atoms with Crippen molar-refractivity contribution in [1.82, 2.24) is 14.3 Å². The molecule has 0 spiro atoms. The van der Waals surface area contributed by atoms with Gasteiger partial charge in [-0.1, -0.05) is 34.8 Å². The number of hydrogen-bond acceptors (Lipinski definition) is 4. The summed E-state index contributed by atoms with van der Waals surface area (Å²) in [5.41, 5.74) is 0. The average molecular weight is 274 g/mol. The third-order valence-corrected chi connectivity index (χ3v) is 2.20. The zero-order valence-electron chi connectivity index (χ0n) is 7.41. The van der Waals surface area contributed by atoms with E-state index in [1.165, 1.54) is 0 Å². The molecule has 0 radical (unpaired) electrons. The van der Waals surface area contributed by atoms with Crippen LogP contribution in [0.5, 0.6) is 0 Å². The van der Waals surface area contributed by atoms with Crippen LogP contribution >= 0.6 is 46.3 Å². The van der Waals surface area contributed by atoms with Crippen molar-refractivity contribution in [2.75, 3.05) is 14.1 Å². The maximum Gasteiger partial charge on any atom is 0.251 e. The zero-order valence-corrected chi connectivity index (χ0v) is 10.5. The molecule has 0 saturated carbocycles. The predicted molar refractivity (Wildman–Crippen MR) is 61.0 cm³/mol. The van der Waals surface area contributed by atoms with Gasteiger partial charge in [0.05, 0.1) is 6.34 Å². The Balaban J connectivity index is 2.79. The van der Waals surface area contributed by atoms with Crippen molar-refractivity contribution in [3.05, 3.63) is 5.82 Å². The SMILES string of the molecule is CN(C)/C=N/c1nc(C(Cl)(Cl)Cl)ns1. The highest BCUT2D eigenvalue weighted by Crippen LogP contribution is 2.37. The van der Waals surface area contributed by atoms with Gasteiger partial charge in [-0.2, -0.15) is 9.36 Å². The van der Waals surface area contributed by atoms with Crippen molar-refractivity contribution in [3.63, 3.8) is 0 Å². The van der Waals surface area contributed by atoms with E-state index in [0.717, 1.165) is 11.5 Å². The van der Waals surface area contributed by atoms with Gasteiger partial charge in [-0.3, -0.25) is 0 Å². The molecule has 4 nitrogen and oxygen atoms in total. The molecule has 0 fully saturated rings. The second-order valence-electron chi connectivity index (χ2n) is 2.61. The fraction of sp³-hybridized carbons (Fsp3) is 0.500. The number of nitrogens with zero attached hydrogens (tertiary/aromatic N) is 4. The molecule has 0 aliphatic carbocycles. The van der Waals surface area contributed by atoms with E-state index in [0.29, 0.717) is 5.13 Å². The fourth-order valence-corrected chi connectivity index (χ4v) is 1.52. The van der Waals surface area contributed by atoms with Gasteiger partial charge in [-0.05, 0) is 0 Å². The van der Waals surface area contributed by atoms with Crippen molar-refractivity contribution < 1.29 is 0 Å². The molecule has 0 bridgehead atoms. The molecule has 0 aliphatic rings. The highest BCUT2D eigenvalue weighted by Gasteiger charge is 2.28. The van der Waals surface area contributed by atoms with Crippen molar-refractivity contribution in [2.45, 2.75) is 3.79 Å². The van der Waals surface area contributed by atoms with Crippen LogP contribution in [0.15, 0.2) is 4.99 Å². The summed E-state index contributed by atoms with van der Waals surface area (Å²) >= 11 is 17.8. The standard InChI is InChI=1S/C6H7Cl3N4S/c1-13(2)3-10-5-11-4(12-14-5)6(7,8)9/h3H,1-2H3/b10-3+. The Morgan fingerprint density at radius 2 is 2.07 bits per heavy atom. The Bertz CT molecular complexity index is 330. The van der Waals surface area contributed by atoms with E-state index < -0.39 is 3.79 Å². The van der Waals surface area contributed by atoms with Crippen LogP contribution in [-0.4, -0.2) is 34.7 Å². The average Bonchev–Trinajstić information content (AvgIpc) is 2.47. The van der Waals surface area contributed by atoms with Crippen molar-refractivity contribution >= 4 is 57.8 Å². The maximum atomic E-state index is 5.58. The molecular weight excluding hydrogens is 267 g/mol. The van der Waals surface area contributed by atoms with E-state index in [1.807, 2.05) is 14.1 Å². The fourth-order valence-electron chi connectivity index (χ4n) is 0.548. The molecule has 0 aliphatic heterocycles. The van der Waals surface area contributed by atoms with E-state index in [2.05, 4.69) is 14.3 Å². The summed E-state index contributed by atoms with van der Waals surface area (Å²) < 4.78 is 2.29. The molecule has 0 unspecified atom stereocenters. The maximum absolute atomic E-state index is 5.58. The van der Waals surface area contributed by atoms with Gasteiger partial charge in [0, 0.05) is 25.6 Å². The van der Waals surface area contributed by atoms with Gasteiger partial charge < -0.3 is 4.90 Å². The van der Waals surface area contributed by atoms with Gasteiger partial charge in [-0.15, -0.1) is 0 Å². The number of rotatable bonds is 2. The Morgan fingerprint density at radius 3 is 2.50 bits per heavy atom. The second kappa shape index (κ2) is 4.61. The Hall–Kier alpha value is -0.100. The van der Waals surface area contributed by atoms with E-state index >= 15 is 0 Å². The normalized spacial score (nSPS) is 12.4. The summed E-state index contributed by atoms with van der Waals surface area (Å²) in [6, 6.07) is 0. The summed E-state index contributed by atoms with van der Waals surface area (Å²) in [5.74, 6) is 0.151. The number of aliphatic imine (C=N–C) groups is 1. The minimum atomic E-state index is -1.58. The molecule has 0 aromatic carbocycles. The van der Waals surface area contributed by atoms with E-state index in [9.17, 15) is 0 Å².